The zero-order valence-electron chi connectivity index (χ0n) is 9.70. The van der Waals surface area contributed by atoms with Crippen LogP contribution in [0.15, 0.2) is 12.3 Å². The molecule has 5 heteroatoms. The highest BCUT2D eigenvalue weighted by atomic mass is 16.3. The summed E-state index contributed by atoms with van der Waals surface area (Å²) in [6, 6.07) is 1.70. The summed E-state index contributed by atoms with van der Waals surface area (Å²) in [5, 5.41) is 21.6. The van der Waals surface area contributed by atoms with Gasteiger partial charge in [0.25, 0.3) is 0 Å². The van der Waals surface area contributed by atoms with Crippen LogP contribution in [0.3, 0.4) is 0 Å². The van der Waals surface area contributed by atoms with Crippen molar-refractivity contribution in [3.63, 3.8) is 0 Å². The molecule has 1 aromatic rings. The molecule has 0 saturated carbocycles. The van der Waals surface area contributed by atoms with E-state index < -0.39 is 5.54 Å². The first kappa shape index (κ1) is 12.7. The number of nitrogens with two attached hydrogens (primary N) is 1. The van der Waals surface area contributed by atoms with Gasteiger partial charge < -0.3 is 21.3 Å². The highest BCUT2D eigenvalue weighted by Gasteiger charge is 2.26. The molecule has 5 nitrogen and oxygen atoms in total. The number of aliphatic hydroxyl groups is 2. The van der Waals surface area contributed by atoms with Crippen LogP contribution in [0.4, 0.5) is 11.5 Å². The fourth-order valence-electron chi connectivity index (χ4n) is 1.32. The van der Waals surface area contributed by atoms with Crippen LogP contribution in [-0.2, 0) is 0 Å². The molecule has 0 fully saturated rings. The van der Waals surface area contributed by atoms with Gasteiger partial charge in [-0.2, -0.15) is 0 Å². The fourth-order valence-corrected chi connectivity index (χ4v) is 1.32. The van der Waals surface area contributed by atoms with E-state index in [2.05, 4.69) is 10.3 Å². The molecule has 0 amide bonds. The molecule has 0 atom stereocenters. The van der Waals surface area contributed by atoms with E-state index in [9.17, 15) is 10.2 Å². The summed E-state index contributed by atoms with van der Waals surface area (Å²) in [5.41, 5.74) is 6.56. The maximum absolute atomic E-state index is 9.28. The number of anilines is 2. The van der Waals surface area contributed by atoms with Gasteiger partial charge in [-0.3, -0.25) is 0 Å². The molecule has 0 aliphatic rings. The lowest BCUT2D eigenvalue weighted by molar-refractivity contribution is 0.132. The van der Waals surface area contributed by atoms with E-state index in [1.165, 1.54) is 0 Å². The standard InChI is InChI=1S/C11H19N3O2/c1-3-11(6-15,7-16)14-10-4-9(12)8(2)5-13-10/h4-5,15-16H,3,6-7H2,1-2H3,(H3,12,13,14). The van der Waals surface area contributed by atoms with Crippen LogP contribution in [0.5, 0.6) is 0 Å². The molecule has 5 N–H and O–H groups in total. The summed E-state index contributed by atoms with van der Waals surface area (Å²) in [7, 11) is 0. The van der Waals surface area contributed by atoms with Gasteiger partial charge >= 0.3 is 0 Å². The highest BCUT2D eigenvalue weighted by molar-refractivity contribution is 5.54. The van der Waals surface area contributed by atoms with Gasteiger partial charge in [0, 0.05) is 18.0 Å². The minimum atomic E-state index is -0.741. The second-order valence-corrected chi connectivity index (χ2v) is 4.00. The molecule has 0 aliphatic heterocycles. The molecule has 0 bridgehead atoms. The second kappa shape index (κ2) is 5.14. The van der Waals surface area contributed by atoms with Crippen molar-refractivity contribution >= 4 is 11.5 Å². The monoisotopic (exact) mass is 225 g/mol. The number of hydrogen-bond acceptors (Lipinski definition) is 5. The van der Waals surface area contributed by atoms with Crippen LogP contribution in [0.25, 0.3) is 0 Å². The van der Waals surface area contributed by atoms with E-state index in [-0.39, 0.29) is 13.2 Å². The quantitative estimate of drug-likeness (QED) is 0.586. The SMILES string of the molecule is CCC(CO)(CO)Nc1cc(N)c(C)cn1. The average Bonchev–Trinajstić information content (AvgIpc) is 2.31. The van der Waals surface area contributed by atoms with Crippen molar-refractivity contribution < 1.29 is 10.2 Å². The summed E-state index contributed by atoms with van der Waals surface area (Å²) in [4.78, 5) is 4.15. The van der Waals surface area contributed by atoms with E-state index in [4.69, 9.17) is 5.73 Å². The maximum Gasteiger partial charge on any atom is 0.128 e. The van der Waals surface area contributed by atoms with Crippen molar-refractivity contribution in [1.29, 1.82) is 0 Å². The molecule has 1 aromatic heterocycles. The Morgan fingerprint density at radius 1 is 1.44 bits per heavy atom. The number of nitrogens with zero attached hydrogens (tertiary/aromatic N) is 1. The number of hydrogen-bond donors (Lipinski definition) is 4. The first-order chi connectivity index (χ1) is 7.56. The smallest absolute Gasteiger partial charge is 0.128 e. The van der Waals surface area contributed by atoms with E-state index in [1.807, 2.05) is 13.8 Å². The van der Waals surface area contributed by atoms with Crippen molar-refractivity contribution in [2.24, 2.45) is 0 Å². The molecule has 0 unspecified atom stereocenters. The van der Waals surface area contributed by atoms with E-state index in [1.54, 1.807) is 12.3 Å². The molecule has 1 heterocycles. The Bertz CT molecular complexity index is 343. The summed E-state index contributed by atoms with van der Waals surface area (Å²) < 4.78 is 0. The maximum atomic E-state index is 9.28. The summed E-state index contributed by atoms with van der Waals surface area (Å²) in [6.07, 6.45) is 2.25. The first-order valence-corrected chi connectivity index (χ1v) is 5.29. The third kappa shape index (κ3) is 2.62. The summed E-state index contributed by atoms with van der Waals surface area (Å²) in [5.74, 6) is 0.563. The first-order valence-electron chi connectivity index (χ1n) is 5.29. The van der Waals surface area contributed by atoms with E-state index >= 15 is 0 Å². The fraction of sp³-hybridized carbons (Fsp3) is 0.545. The third-order valence-electron chi connectivity index (χ3n) is 2.82. The van der Waals surface area contributed by atoms with Crippen LogP contribution >= 0.6 is 0 Å². The summed E-state index contributed by atoms with van der Waals surface area (Å²) in [6.45, 7) is 3.44. The molecule has 1 rings (SSSR count). The number of nitrogens with one attached hydrogen (secondary N) is 1. The lowest BCUT2D eigenvalue weighted by atomic mass is 9.98. The number of nitrogen functional groups attached to an aromatic ring is 1. The molecule has 0 aromatic carbocycles. The van der Waals surface area contributed by atoms with Gasteiger partial charge in [0.2, 0.25) is 0 Å². The molecule has 16 heavy (non-hydrogen) atoms. The lowest BCUT2D eigenvalue weighted by Gasteiger charge is -2.30. The zero-order chi connectivity index (χ0) is 12.2. The average molecular weight is 225 g/mol. The normalized spacial score (nSPS) is 11.5. The van der Waals surface area contributed by atoms with Crippen LogP contribution in [0, 0.1) is 6.92 Å². The van der Waals surface area contributed by atoms with Gasteiger partial charge in [0.15, 0.2) is 0 Å². The number of pyridine rings is 1. The van der Waals surface area contributed by atoms with Crippen molar-refractivity contribution in [2.45, 2.75) is 25.8 Å². The van der Waals surface area contributed by atoms with Crippen LogP contribution in [0.2, 0.25) is 0 Å². The molecule has 0 aliphatic carbocycles. The van der Waals surface area contributed by atoms with Gasteiger partial charge in [-0.1, -0.05) is 6.92 Å². The van der Waals surface area contributed by atoms with Gasteiger partial charge in [-0.05, 0) is 18.9 Å². The van der Waals surface area contributed by atoms with Crippen molar-refractivity contribution in [3.8, 4) is 0 Å². The third-order valence-corrected chi connectivity index (χ3v) is 2.82. The minimum absolute atomic E-state index is 0.157. The van der Waals surface area contributed by atoms with Crippen LogP contribution in [0.1, 0.15) is 18.9 Å². The number of aryl methyl sites for hydroxylation is 1. The van der Waals surface area contributed by atoms with E-state index in [0.29, 0.717) is 17.9 Å². The largest absolute Gasteiger partial charge is 0.398 e. The Labute approximate surface area is 95.3 Å². The Balaban J connectivity index is 2.89. The van der Waals surface area contributed by atoms with Gasteiger partial charge in [-0.25, -0.2) is 4.98 Å². The lowest BCUT2D eigenvalue weighted by Crippen LogP contribution is -2.45. The Morgan fingerprint density at radius 2 is 2.06 bits per heavy atom. The van der Waals surface area contributed by atoms with Gasteiger partial charge in [0.1, 0.15) is 5.82 Å². The van der Waals surface area contributed by atoms with E-state index in [0.717, 1.165) is 5.56 Å². The minimum Gasteiger partial charge on any atom is -0.398 e. The molecule has 0 saturated heterocycles. The summed E-state index contributed by atoms with van der Waals surface area (Å²) >= 11 is 0. The molecule has 90 valence electrons. The Kier molecular flexibility index (Phi) is 4.09. The van der Waals surface area contributed by atoms with Crippen molar-refractivity contribution in [2.75, 3.05) is 24.3 Å². The topological polar surface area (TPSA) is 91.4 Å². The van der Waals surface area contributed by atoms with Crippen LogP contribution < -0.4 is 11.1 Å². The van der Waals surface area contributed by atoms with Crippen molar-refractivity contribution in [1.82, 2.24) is 4.98 Å². The predicted octanol–water partition coefficient (Wildman–Crippen LogP) is 0.518. The molecule has 0 spiro atoms. The Hall–Kier alpha value is -1.33. The molecule has 0 radical (unpaired) electrons. The number of aliphatic hydroxyl groups excluding tert-OH is 2. The second-order valence-electron chi connectivity index (χ2n) is 4.00. The van der Waals surface area contributed by atoms with Crippen LogP contribution in [-0.4, -0.2) is 33.9 Å². The number of aromatic nitrogens is 1. The Morgan fingerprint density at radius 3 is 2.50 bits per heavy atom. The molecular weight excluding hydrogens is 206 g/mol. The number of rotatable bonds is 5. The zero-order valence-corrected chi connectivity index (χ0v) is 9.70. The van der Waals surface area contributed by atoms with Gasteiger partial charge in [0.05, 0.1) is 18.8 Å². The predicted molar refractivity (Wildman–Crippen MR) is 64.2 cm³/mol. The van der Waals surface area contributed by atoms with Gasteiger partial charge in [-0.15, -0.1) is 0 Å². The molecular formula is C11H19N3O2. The highest BCUT2D eigenvalue weighted by Crippen LogP contribution is 2.19. The van der Waals surface area contributed by atoms with Crippen molar-refractivity contribution in [3.05, 3.63) is 17.8 Å².